The number of amides is 1. The molecule has 1 aromatic carbocycles. The van der Waals surface area contributed by atoms with E-state index in [4.69, 9.17) is 15.2 Å². The van der Waals surface area contributed by atoms with Crippen LogP contribution >= 0.6 is 0 Å². The third-order valence-electron chi connectivity index (χ3n) is 4.83. The number of rotatable bonds is 10. The van der Waals surface area contributed by atoms with Gasteiger partial charge in [0.05, 0.1) is 14.2 Å². The van der Waals surface area contributed by atoms with Gasteiger partial charge in [0.1, 0.15) is 5.82 Å². The number of nitrogens with two attached hydrogens (primary N) is 1. The highest BCUT2D eigenvalue weighted by Gasteiger charge is 2.25. The van der Waals surface area contributed by atoms with Crippen molar-refractivity contribution in [2.75, 3.05) is 31.4 Å². The number of ether oxygens (including phenoxy) is 2. The number of anilines is 2. The predicted octanol–water partition coefficient (Wildman–Crippen LogP) is 2.38. The lowest BCUT2D eigenvalue weighted by molar-refractivity contribution is 0.0986. The molecule has 164 valence electrons. The predicted molar refractivity (Wildman–Crippen MR) is 117 cm³/mol. The molecule has 0 radical (unpaired) electrons. The normalized spacial score (nSPS) is 10.7. The number of H-pyrrole nitrogens is 1. The van der Waals surface area contributed by atoms with Gasteiger partial charge in [0.15, 0.2) is 17.2 Å². The fourth-order valence-corrected chi connectivity index (χ4v) is 3.13. The fourth-order valence-electron chi connectivity index (χ4n) is 3.13. The average molecular weight is 418 g/mol. The molecule has 0 aliphatic heterocycles. The van der Waals surface area contributed by atoms with Crippen LogP contribution in [0, 0.1) is 0 Å². The summed E-state index contributed by atoms with van der Waals surface area (Å²) in [5.74, 6) is 0.456. The third kappa shape index (κ3) is 4.84. The molecule has 0 spiro atoms. The van der Waals surface area contributed by atoms with Crippen molar-refractivity contribution >= 4 is 17.4 Å². The zero-order valence-electron chi connectivity index (χ0n) is 18.0. The van der Waals surface area contributed by atoms with Gasteiger partial charge in [-0.05, 0) is 31.0 Å². The Morgan fingerprint density at radius 2 is 1.77 bits per heavy atom. The summed E-state index contributed by atoms with van der Waals surface area (Å²) in [5, 5.41) is 0. The second-order valence-corrected chi connectivity index (χ2v) is 6.88. The van der Waals surface area contributed by atoms with E-state index in [1.807, 2.05) is 13.8 Å². The minimum absolute atomic E-state index is 0.0119. The molecular formula is C21H30N4O5. The van der Waals surface area contributed by atoms with Crippen LogP contribution in [-0.4, -0.2) is 36.2 Å². The second-order valence-electron chi connectivity index (χ2n) is 6.88. The molecule has 0 aliphatic rings. The number of hydrogen-bond donors (Lipinski definition) is 2. The van der Waals surface area contributed by atoms with Gasteiger partial charge < -0.3 is 20.1 Å². The maximum atomic E-state index is 13.4. The van der Waals surface area contributed by atoms with Crippen LogP contribution in [0.15, 0.2) is 27.8 Å². The molecule has 0 atom stereocenters. The summed E-state index contributed by atoms with van der Waals surface area (Å²) >= 11 is 0. The van der Waals surface area contributed by atoms with Crippen molar-refractivity contribution in [2.24, 2.45) is 0 Å². The maximum Gasteiger partial charge on any atom is 0.330 e. The number of carbonyl (C=O) groups is 1. The van der Waals surface area contributed by atoms with E-state index >= 15 is 0 Å². The SMILES string of the molecule is CCCCN(C(=O)c1ccc(OC)c(OC)c1)c1c(N)n(CCCC)c(=O)[nH]c1=O. The molecule has 0 saturated carbocycles. The van der Waals surface area contributed by atoms with Crippen LogP contribution in [0.3, 0.4) is 0 Å². The van der Waals surface area contributed by atoms with Crippen LogP contribution in [0.5, 0.6) is 11.5 Å². The number of unbranched alkanes of at least 4 members (excludes halogenated alkanes) is 2. The van der Waals surface area contributed by atoms with Crippen molar-refractivity contribution < 1.29 is 14.3 Å². The van der Waals surface area contributed by atoms with E-state index in [0.717, 1.165) is 12.8 Å². The van der Waals surface area contributed by atoms with Gasteiger partial charge in [-0.2, -0.15) is 0 Å². The van der Waals surface area contributed by atoms with Gasteiger partial charge in [-0.3, -0.25) is 19.1 Å². The lowest BCUT2D eigenvalue weighted by atomic mass is 10.1. The Balaban J connectivity index is 2.59. The Kier molecular flexibility index (Phi) is 8.08. The largest absolute Gasteiger partial charge is 0.493 e. The van der Waals surface area contributed by atoms with Gasteiger partial charge in [0.2, 0.25) is 0 Å². The van der Waals surface area contributed by atoms with Crippen molar-refractivity contribution in [1.82, 2.24) is 9.55 Å². The standard InChI is InChI=1S/C21H30N4O5/c1-5-7-11-24(20(27)14-9-10-15(29-3)16(13-14)30-4)17-18(22)25(12-8-6-2)21(28)23-19(17)26/h9-10,13H,5-8,11-12,22H2,1-4H3,(H,23,26,28). The lowest BCUT2D eigenvalue weighted by Crippen LogP contribution is -2.41. The van der Waals surface area contributed by atoms with Crippen LogP contribution in [0.25, 0.3) is 0 Å². The number of aromatic amines is 1. The molecule has 1 heterocycles. The average Bonchev–Trinajstić information content (AvgIpc) is 2.74. The summed E-state index contributed by atoms with van der Waals surface area (Å²) in [7, 11) is 2.99. The molecule has 9 nitrogen and oxygen atoms in total. The molecule has 2 rings (SSSR count). The van der Waals surface area contributed by atoms with E-state index in [9.17, 15) is 14.4 Å². The highest BCUT2D eigenvalue weighted by Crippen LogP contribution is 2.29. The summed E-state index contributed by atoms with van der Waals surface area (Å²) in [6.07, 6.45) is 3.04. The van der Waals surface area contributed by atoms with Gasteiger partial charge in [-0.25, -0.2) is 4.79 Å². The molecular weight excluding hydrogens is 388 g/mol. The highest BCUT2D eigenvalue weighted by molar-refractivity contribution is 6.07. The topological polar surface area (TPSA) is 120 Å². The summed E-state index contributed by atoms with van der Waals surface area (Å²) in [5.41, 5.74) is 5.25. The Morgan fingerprint density at radius 3 is 2.37 bits per heavy atom. The van der Waals surface area contributed by atoms with Crippen LogP contribution < -0.4 is 31.4 Å². The molecule has 0 bridgehead atoms. The molecule has 0 aliphatic carbocycles. The number of nitrogens with zero attached hydrogens (tertiary/aromatic N) is 2. The molecule has 0 saturated heterocycles. The first-order chi connectivity index (χ1) is 14.4. The second kappa shape index (κ2) is 10.5. The third-order valence-corrected chi connectivity index (χ3v) is 4.83. The number of carbonyl (C=O) groups excluding carboxylic acids is 1. The van der Waals surface area contributed by atoms with Crippen molar-refractivity contribution in [1.29, 1.82) is 0 Å². The van der Waals surface area contributed by atoms with Gasteiger partial charge in [-0.1, -0.05) is 26.7 Å². The van der Waals surface area contributed by atoms with Crippen molar-refractivity contribution in [3.63, 3.8) is 0 Å². The molecule has 1 aromatic heterocycles. The van der Waals surface area contributed by atoms with Crippen LogP contribution in [-0.2, 0) is 6.54 Å². The number of nitrogens with one attached hydrogen (secondary N) is 1. The first-order valence-corrected chi connectivity index (χ1v) is 10.1. The molecule has 3 N–H and O–H groups in total. The highest BCUT2D eigenvalue weighted by atomic mass is 16.5. The summed E-state index contributed by atoms with van der Waals surface area (Å²) < 4.78 is 11.8. The number of nitrogen functional groups attached to an aromatic ring is 1. The van der Waals surface area contributed by atoms with Crippen LogP contribution in [0.2, 0.25) is 0 Å². The smallest absolute Gasteiger partial charge is 0.330 e. The molecule has 9 heteroatoms. The van der Waals surface area contributed by atoms with Crippen LogP contribution in [0.1, 0.15) is 49.9 Å². The first-order valence-electron chi connectivity index (χ1n) is 10.1. The number of aromatic nitrogens is 2. The molecule has 1 amide bonds. The lowest BCUT2D eigenvalue weighted by Gasteiger charge is -2.25. The van der Waals surface area contributed by atoms with Crippen molar-refractivity contribution in [3.05, 3.63) is 44.6 Å². The Hall–Kier alpha value is -3.23. The van der Waals surface area contributed by atoms with E-state index in [2.05, 4.69) is 4.98 Å². The van der Waals surface area contributed by atoms with E-state index in [-0.39, 0.29) is 18.1 Å². The van der Waals surface area contributed by atoms with Gasteiger partial charge >= 0.3 is 5.69 Å². The number of hydrogen-bond acceptors (Lipinski definition) is 6. The Morgan fingerprint density at radius 1 is 1.10 bits per heavy atom. The Bertz CT molecular complexity index is 996. The summed E-state index contributed by atoms with van der Waals surface area (Å²) in [6, 6.07) is 4.78. The van der Waals surface area contributed by atoms with Crippen molar-refractivity contribution in [3.8, 4) is 11.5 Å². The molecule has 0 unspecified atom stereocenters. The van der Waals surface area contributed by atoms with Crippen LogP contribution in [0.4, 0.5) is 11.5 Å². The minimum Gasteiger partial charge on any atom is -0.493 e. The summed E-state index contributed by atoms with van der Waals surface area (Å²) in [6.45, 7) is 4.61. The number of methoxy groups -OCH3 is 2. The molecule has 30 heavy (non-hydrogen) atoms. The molecule has 2 aromatic rings. The van der Waals surface area contributed by atoms with Crippen molar-refractivity contribution in [2.45, 2.75) is 46.1 Å². The summed E-state index contributed by atoms with van der Waals surface area (Å²) in [4.78, 5) is 41.9. The van der Waals surface area contributed by atoms with E-state index in [1.165, 1.54) is 23.7 Å². The van der Waals surface area contributed by atoms with Gasteiger partial charge in [0.25, 0.3) is 11.5 Å². The van der Waals surface area contributed by atoms with Gasteiger partial charge in [0, 0.05) is 18.7 Å². The fraction of sp³-hybridized carbons (Fsp3) is 0.476. The maximum absolute atomic E-state index is 13.4. The zero-order chi connectivity index (χ0) is 22.3. The zero-order valence-corrected chi connectivity index (χ0v) is 18.0. The molecule has 0 fully saturated rings. The first kappa shape index (κ1) is 23.1. The quantitative estimate of drug-likeness (QED) is 0.611. The van der Waals surface area contributed by atoms with Gasteiger partial charge in [-0.15, -0.1) is 0 Å². The van der Waals surface area contributed by atoms with E-state index in [1.54, 1.807) is 18.2 Å². The Labute approximate surface area is 175 Å². The number of benzene rings is 1. The minimum atomic E-state index is -0.685. The monoisotopic (exact) mass is 418 g/mol. The van der Waals surface area contributed by atoms with E-state index < -0.39 is 17.2 Å². The van der Waals surface area contributed by atoms with E-state index in [0.29, 0.717) is 36.4 Å².